The molecule has 1 aromatic rings. The van der Waals surface area contributed by atoms with Crippen molar-refractivity contribution in [3.8, 4) is 17.2 Å². The third-order valence-corrected chi connectivity index (χ3v) is 6.16. The molecule has 1 atom stereocenters. The minimum Gasteiger partial charge on any atom is -0.454 e. The standard InChI is InChI=1S/C18H20F2N2O5S/c19-18(20)27-13-5-15-14(25-9-26-15)4-11(13)6-21-16(23)12-7-28-8-22(12)17(24)10-2-1-3-10/h4-5,10,12,18H,1-3,6-9H2,(H,21,23). The molecule has 2 amide bonds. The summed E-state index contributed by atoms with van der Waals surface area (Å²) >= 11 is 1.53. The summed E-state index contributed by atoms with van der Waals surface area (Å²) < 4.78 is 40.4. The summed E-state index contributed by atoms with van der Waals surface area (Å²) in [5.74, 6) is 1.40. The number of thioether (sulfide) groups is 1. The summed E-state index contributed by atoms with van der Waals surface area (Å²) in [6.45, 7) is -3.03. The van der Waals surface area contributed by atoms with E-state index in [1.54, 1.807) is 4.90 Å². The van der Waals surface area contributed by atoms with Gasteiger partial charge >= 0.3 is 6.61 Å². The SMILES string of the molecule is O=C(NCc1cc2c(cc1OC(F)F)OCO2)C1CSCN1C(=O)C1CCC1. The Bertz CT molecular complexity index is 775. The number of hydrogen-bond acceptors (Lipinski definition) is 6. The Hall–Kier alpha value is -2.23. The highest BCUT2D eigenvalue weighted by atomic mass is 32.2. The molecule has 0 radical (unpaired) electrons. The van der Waals surface area contributed by atoms with E-state index < -0.39 is 12.7 Å². The summed E-state index contributed by atoms with van der Waals surface area (Å²) in [7, 11) is 0. The first kappa shape index (κ1) is 19.1. The van der Waals surface area contributed by atoms with Crippen LogP contribution >= 0.6 is 11.8 Å². The van der Waals surface area contributed by atoms with Gasteiger partial charge in [0.1, 0.15) is 11.8 Å². The maximum Gasteiger partial charge on any atom is 0.387 e. The van der Waals surface area contributed by atoms with Crippen LogP contribution in [0.4, 0.5) is 8.78 Å². The maximum atomic E-state index is 12.7. The van der Waals surface area contributed by atoms with Gasteiger partial charge in [-0.25, -0.2) is 0 Å². The van der Waals surface area contributed by atoms with Gasteiger partial charge < -0.3 is 24.4 Å². The van der Waals surface area contributed by atoms with Crippen molar-refractivity contribution in [2.45, 2.75) is 38.5 Å². The molecule has 28 heavy (non-hydrogen) atoms. The second-order valence-corrected chi connectivity index (χ2v) is 7.86. The Kier molecular flexibility index (Phi) is 5.47. The van der Waals surface area contributed by atoms with Crippen LogP contribution in [-0.2, 0) is 16.1 Å². The number of fused-ring (bicyclic) bond motifs is 1. The van der Waals surface area contributed by atoms with Gasteiger partial charge in [-0.3, -0.25) is 9.59 Å². The van der Waals surface area contributed by atoms with E-state index in [1.165, 1.54) is 23.9 Å². The second kappa shape index (κ2) is 8.02. The molecule has 2 heterocycles. The summed E-state index contributed by atoms with van der Waals surface area (Å²) in [4.78, 5) is 26.8. The second-order valence-electron chi connectivity index (χ2n) is 6.86. The van der Waals surface area contributed by atoms with Crippen LogP contribution in [0.2, 0.25) is 0 Å². The fourth-order valence-corrected chi connectivity index (χ4v) is 4.54. The molecule has 1 unspecified atom stereocenters. The fourth-order valence-electron chi connectivity index (χ4n) is 3.38. The molecule has 2 aliphatic heterocycles. The lowest BCUT2D eigenvalue weighted by Gasteiger charge is -2.31. The van der Waals surface area contributed by atoms with Gasteiger partial charge in [-0.1, -0.05) is 6.42 Å². The van der Waals surface area contributed by atoms with Crippen molar-refractivity contribution in [2.75, 3.05) is 18.4 Å². The first-order valence-corrected chi connectivity index (χ1v) is 10.2. The van der Waals surface area contributed by atoms with Crippen molar-refractivity contribution >= 4 is 23.6 Å². The summed E-state index contributed by atoms with van der Waals surface area (Å²) in [5, 5.41) is 2.74. The van der Waals surface area contributed by atoms with E-state index >= 15 is 0 Å². The van der Waals surface area contributed by atoms with Crippen molar-refractivity contribution in [3.05, 3.63) is 17.7 Å². The number of carbonyl (C=O) groups excluding carboxylic acids is 2. The van der Waals surface area contributed by atoms with E-state index in [0.29, 0.717) is 28.7 Å². The van der Waals surface area contributed by atoms with Crippen molar-refractivity contribution in [2.24, 2.45) is 5.92 Å². The molecular formula is C18H20F2N2O5S. The Morgan fingerprint density at radius 3 is 2.71 bits per heavy atom. The van der Waals surface area contributed by atoms with Crippen LogP contribution in [0.5, 0.6) is 17.2 Å². The van der Waals surface area contributed by atoms with E-state index in [0.717, 1.165) is 19.3 Å². The Balaban J connectivity index is 1.43. The van der Waals surface area contributed by atoms with Crippen LogP contribution in [0.1, 0.15) is 24.8 Å². The lowest BCUT2D eigenvalue weighted by Crippen LogP contribution is -2.49. The molecule has 1 saturated heterocycles. The monoisotopic (exact) mass is 414 g/mol. The number of nitrogens with zero attached hydrogens (tertiary/aromatic N) is 1. The van der Waals surface area contributed by atoms with Crippen molar-refractivity contribution in [3.63, 3.8) is 0 Å². The third-order valence-electron chi connectivity index (χ3n) is 5.15. The summed E-state index contributed by atoms with van der Waals surface area (Å²) in [5.41, 5.74) is 0.348. The smallest absolute Gasteiger partial charge is 0.387 e. The minimum atomic E-state index is -3.00. The van der Waals surface area contributed by atoms with Gasteiger partial charge in [0.25, 0.3) is 0 Å². The third kappa shape index (κ3) is 3.82. The topological polar surface area (TPSA) is 77.1 Å². The number of rotatable bonds is 6. The molecule has 3 aliphatic rings. The Morgan fingerprint density at radius 1 is 1.29 bits per heavy atom. The number of benzene rings is 1. The molecule has 152 valence electrons. The van der Waals surface area contributed by atoms with Crippen molar-refractivity contribution in [1.82, 2.24) is 10.2 Å². The minimum absolute atomic E-state index is 0.00317. The van der Waals surface area contributed by atoms with Gasteiger partial charge in [0.15, 0.2) is 11.5 Å². The highest BCUT2D eigenvalue weighted by Gasteiger charge is 2.39. The molecule has 0 aromatic heterocycles. The maximum absolute atomic E-state index is 12.7. The van der Waals surface area contributed by atoms with Gasteiger partial charge in [0.2, 0.25) is 18.6 Å². The average Bonchev–Trinajstić information content (AvgIpc) is 3.26. The van der Waals surface area contributed by atoms with Crippen LogP contribution in [-0.4, -0.2) is 47.8 Å². The van der Waals surface area contributed by atoms with Gasteiger partial charge in [-0.15, -0.1) is 11.8 Å². The highest BCUT2D eigenvalue weighted by Crippen LogP contribution is 2.39. The van der Waals surface area contributed by atoms with Crippen LogP contribution < -0.4 is 19.5 Å². The normalized spacial score (nSPS) is 21.0. The molecule has 1 aromatic carbocycles. The molecule has 0 bridgehead atoms. The molecule has 1 saturated carbocycles. The number of carbonyl (C=O) groups is 2. The zero-order valence-corrected chi connectivity index (χ0v) is 15.8. The van der Waals surface area contributed by atoms with Crippen LogP contribution in [0, 0.1) is 5.92 Å². The molecule has 10 heteroatoms. The van der Waals surface area contributed by atoms with Gasteiger partial charge in [0, 0.05) is 29.8 Å². The number of ether oxygens (including phenoxy) is 3. The van der Waals surface area contributed by atoms with E-state index in [-0.39, 0.29) is 36.8 Å². The zero-order chi connectivity index (χ0) is 19.7. The van der Waals surface area contributed by atoms with E-state index in [4.69, 9.17) is 9.47 Å². The van der Waals surface area contributed by atoms with Crippen molar-refractivity contribution in [1.29, 1.82) is 0 Å². The molecular weight excluding hydrogens is 394 g/mol. The van der Waals surface area contributed by atoms with Crippen molar-refractivity contribution < 1.29 is 32.6 Å². The van der Waals surface area contributed by atoms with E-state index in [1.807, 2.05) is 0 Å². The van der Waals surface area contributed by atoms with Gasteiger partial charge in [0.05, 0.1) is 5.88 Å². The Morgan fingerprint density at radius 2 is 2.04 bits per heavy atom. The largest absolute Gasteiger partial charge is 0.454 e. The fraction of sp³-hybridized carbons (Fsp3) is 0.556. The number of alkyl halides is 2. The Labute approximate surface area is 164 Å². The lowest BCUT2D eigenvalue weighted by atomic mass is 9.84. The number of hydrogen-bond donors (Lipinski definition) is 1. The van der Waals surface area contributed by atoms with Crippen LogP contribution in [0.15, 0.2) is 12.1 Å². The molecule has 1 aliphatic carbocycles. The lowest BCUT2D eigenvalue weighted by molar-refractivity contribution is -0.143. The van der Waals surface area contributed by atoms with E-state index in [9.17, 15) is 18.4 Å². The average molecular weight is 414 g/mol. The van der Waals surface area contributed by atoms with Crippen LogP contribution in [0.25, 0.3) is 0 Å². The molecule has 2 fully saturated rings. The van der Waals surface area contributed by atoms with Crippen LogP contribution in [0.3, 0.4) is 0 Å². The molecule has 0 spiro atoms. The van der Waals surface area contributed by atoms with Gasteiger partial charge in [-0.2, -0.15) is 8.78 Å². The number of amides is 2. The predicted molar refractivity (Wildman–Crippen MR) is 96.3 cm³/mol. The number of halogens is 2. The highest BCUT2D eigenvalue weighted by molar-refractivity contribution is 7.99. The van der Waals surface area contributed by atoms with Gasteiger partial charge in [-0.05, 0) is 18.9 Å². The molecule has 1 N–H and O–H groups in total. The first-order chi connectivity index (χ1) is 13.5. The number of nitrogens with one attached hydrogen (secondary N) is 1. The van der Waals surface area contributed by atoms with E-state index in [2.05, 4.69) is 10.1 Å². The summed E-state index contributed by atoms with van der Waals surface area (Å²) in [6.07, 6.45) is 2.80. The molecule has 7 nitrogen and oxygen atoms in total. The molecule has 4 rings (SSSR count). The zero-order valence-electron chi connectivity index (χ0n) is 15.0. The predicted octanol–water partition coefficient (Wildman–Crippen LogP) is 2.33. The first-order valence-electron chi connectivity index (χ1n) is 9.06. The quantitative estimate of drug-likeness (QED) is 0.770. The summed E-state index contributed by atoms with van der Waals surface area (Å²) in [6, 6.07) is 2.29.